The van der Waals surface area contributed by atoms with Crippen LogP contribution in [0.25, 0.3) is 0 Å². The second-order valence-electron chi connectivity index (χ2n) is 4.48. The molecule has 1 aromatic heterocycles. The maximum absolute atomic E-state index is 13.0. The Labute approximate surface area is 118 Å². The minimum atomic E-state index is -4.45. The maximum Gasteiger partial charge on any atom is 0.418 e. The van der Waals surface area contributed by atoms with Crippen molar-refractivity contribution in [2.75, 3.05) is 11.1 Å². The Morgan fingerprint density at radius 2 is 2.05 bits per heavy atom. The van der Waals surface area contributed by atoms with Gasteiger partial charge in [-0.05, 0) is 32.0 Å². The van der Waals surface area contributed by atoms with Gasteiger partial charge in [0.15, 0.2) is 0 Å². The molecule has 0 amide bonds. The van der Waals surface area contributed by atoms with Crippen LogP contribution in [0.4, 0.5) is 24.5 Å². The molecule has 3 nitrogen and oxygen atoms in total. The minimum Gasteiger partial charge on any atom is -0.399 e. The first-order valence-corrected chi connectivity index (χ1v) is 6.74. The van der Waals surface area contributed by atoms with E-state index in [1.54, 1.807) is 13.1 Å². The van der Waals surface area contributed by atoms with Crippen LogP contribution < -0.4 is 11.1 Å². The summed E-state index contributed by atoms with van der Waals surface area (Å²) in [5.41, 5.74) is 4.76. The van der Waals surface area contributed by atoms with Gasteiger partial charge in [0.05, 0.1) is 11.6 Å². The first-order valence-electron chi connectivity index (χ1n) is 5.93. The van der Waals surface area contributed by atoms with Gasteiger partial charge in [0.1, 0.15) is 5.01 Å². The number of aryl methyl sites for hydroxylation is 1. The molecule has 108 valence electrons. The highest BCUT2D eigenvalue weighted by atomic mass is 32.1. The lowest BCUT2D eigenvalue weighted by atomic mass is 10.1. The van der Waals surface area contributed by atoms with Crippen LogP contribution in [0.1, 0.15) is 28.4 Å². The molecule has 0 aliphatic rings. The first kappa shape index (κ1) is 14.6. The van der Waals surface area contributed by atoms with E-state index in [0.717, 1.165) is 16.0 Å². The van der Waals surface area contributed by atoms with Gasteiger partial charge in [0.25, 0.3) is 0 Å². The summed E-state index contributed by atoms with van der Waals surface area (Å²) in [5.74, 6) is 0. The summed E-state index contributed by atoms with van der Waals surface area (Å²) in [7, 11) is 0. The zero-order valence-corrected chi connectivity index (χ0v) is 11.8. The van der Waals surface area contributed by atoms with Crippen LogP contribution in [0.5, 0.6) is 0 Å². The Balaban J connectivity index is 2.29. The second kappa shape index (κ2) is 5.32. The number of nitrogens with one attached hydrogen (secondary N) is 1. The van der Waals surface area contributed by atoms with E-state index in [4.69, 9.17) is 5.73 Å². The van der Waals surface area contributed by atoms with E-state index in [-0.39, 0.29) is 17.4 Å². The molecule has 0 spiro atoms. The summed E-state index contributed by atoms with van der Waals surface area (Å²) in [6.45, 7) is 3.67. The summed E-state index contributed by atoms with van der Waals surface area (Å²) in [6.07, 6.45) is -2.75. The fourth-order valence-electron chi connectivity index (χ4n) is 1.79. The van der Waals surface area contributed by atoms with E-state index in [1.807, 2.05) is 6.92 Å². The highest BCUT2D eigenvalue weighted by molar-refractivity contribution is 7.11. The van der Waals surface area contributed by atoms with Crippen LogP contribution in [0, 0.1) is 6.92 Å². The van der Waals surface area contributed by atoms with Gasteiger partial charge in [0, 0.05) is 22.4 Å². The van der Waals surface area contributed by atoms with Gasteiger partial charge < -0.3 is 11.1 Å². The molecule has 7 heteroatoms. The van der Waals surface area contributed by atoms with E-state index < -0.39 is 11.7 Å². The van der Waals surface area contributed by atoms with Crippen molar-refractivity contribution in [3.8, 4) is 0 Å². The Hall–Kier alpha value is -1.76. The predicted molar refractivity (Wildman–Crippen MR) is 74.7 cm³/mol. The van der Waals surface area contributed by atoms with Crippen molar-refractivity contribution in [3.63, 3.8) is 0 Å². The van der Waals surface area contributed by atoms with Crippen LogP contribution in [0.15, 0.2) is 24.4 Å². The zero-order chi connectivity index (χ0) is 14.9. The molecule has 2 aromatic rings. The number of thiazole rings is 1. The van der Waals surface area contributed by atoms with Gasteiger partial charge in [-0.1, -0.05) is 0 Å². The highest BCUT2D eigenvalue weighted by Crippen LogP contribution is 2.37. The van der Waals surface area contributed by atoms with Gasteiger partial charge in [-0.3, -0.25) is 0 Å². The molecule has 0 saturated carbocycles. The van der Waals surface area contributed by atoms with E-state index in [2.05, 4.69) is 10.3 Å². The smallest absolute Gasteiger partial charge is 0.399 e. The molecular weight excluding hydrogens is 287 g/mol. The number of nitrogens with zero attached hydrogens (tertiary/aromatic N) is 1. The topological polar surface area (TPSA) is 50.9 Å². The Morgan fingerprint density at radius 3 is 2.60 bits per heavy atom. The summed E-state index contributed by atoms with van der Waals surface area (Å²) in [4.78, 5) is 5.19. The molecule has 2 rings (SSSR count). The minimum absolute atomic E-state index is 0.00653. The average Bonchev–Trinajstić information content (AvgIpc) is 2.77. The second-order valence-corrected chi connectivity index (χ2v) is 5.74. The van der Waals surface area contributed by atoms with Crippen molar-refractivity contribution in [2.45, 2.75) is 26.1 Å². The molecular formula is C13H14F3N3S. The number of alkyl halides is 3. The van der Waals surface area contributed by atoms with Gasteiger partial charge in [0.2, 0.25) is 0 Å². The third kappa shape index (κ3) is 3.22. The van der Waals surface area contributed by atoms with E-state index in [9.17, 15) is 13.2 Å². The Bertz CT molecular complexity index is 607. The number of aromatic nitrogens is 1. The monoisotopic (exact) mass is 301 g/mol. The average molecular weight is 301 g/mol. The number of benzene rings is 1. The molecule has 0 saturated heterocycles. The van der Waals surface area contributed by atoms with Gasteiger partial charge in [-0.2, -0.15) is 13.2 Å². The molecule has 20 heavy (non-hydrogen) atoms. The van der Waals surface area contributed by atoms with Gasteiger partial charge in [-0.15, -0.1) is 11.3 Å². The van der Waals surface area contributed by atoms with Crippen molar-refractivity contribution in [1.29, 1.82) is 0 Å². The number of halogens is 3. The molecule has 1 heterocycles. The molecule has 3 N–H and O–H groups in total. The molecule has 0 fully saturated rings. The third-order valence-electron chi connectivity index (χ3n) is 2.73. The molecule has 0 aliphatic heterocycles. The third-order valence-corrected chi connectivity index (χ3v) is 3.83. The standard InChI is InChI=1S/C13H14F3N3S/c1-7-6-18-12(20-7)8(2)19-11-4-3-9(17)5-10(11)13(14,15)16/h3-6,8,19H,17H2,1-2H3. The SMILES string of the molecule is Cc1cnc(C(C)Nc2ccc(N)cc2C(F)(F)F)s1. The van der Waals surface area contributed by atoms with Gasteiger partial charge >= 0.3 is 6.18 Å². The lowest BCUT2D eigenvalue weighted by Gasteiger charge is -2.18. The van der Waals surface area contributed by atoms with E-state index in [1.165, 1.54) is 23.5 Å². The summed E-state index contributed by atoms with van der Waals surface area (Å²) in [5, 5.41) is 3.59. The lowest BCUT2D eigenvalue weighted by molar-refractivity contribution is -0.136. The normalized spacial score (nSPS) is 13.2. The number of rotatable bonds is 3. The van der Waals surface area contributed by atoms with Crippen LogP contribution in [-0.2, 0) is 6.18 Å². The highest BCUT2D eigenvalue weighted by Gasteiger charge is 2.34. The summed E-state index contributed by atoms with van der Waals surface area (Å²) in [6, 6.07) is 3.41. The van der Waals surface area contributed by atoms with Crippen molar-refractivity contribution >= 4 is 22.7 Å². The molecule has 0 aliphatic carbocycles. The number of nitrogens with two attached hydrogens (primary N) is 1. The molecule has 1 aromatic carbocycles. The molecule has 1 unspecified atom stereocenters. The number of hydrogen-bond donors (Lipinski definition) is 2. The summed E-state index contributed by atoms with van der Waals surface area (Å²) < 4.78 is 38.9. The molecule has 0 bridgehead atoms. The fraction of sp³-hybridized carbons (Fsp3) is 0.308. The van der Waals surface area contributed by atoms with Crippen molar-refractivity contribution in [3.05, 3.63) is 39.8 Å². The zero-order valence-electron chi connectivity index (χ0n) is 11.0. The lowest BCUT2D eigenvalue weighted by Crippen LogP contribution is -2.13. The number of nitrogen functional groups attached to an aromatic ring is 1. The first-order chi connectivity index (χ1) is 9.27. The van der Waals surface area contributed by atoms with Crippen LogP contribution >= 0.6 is 11.3 Å². The quantitative estimate of drug-likeness (QED) is 0.834. The fourth-order valence-corrected chi connectivity index (χ4v) is 2.57. The van der Waals surface area contributed by atoms with Gasteiger partial charge in [-0.25, -0.2) is 4.98 Å². The molecule has 1 atom stereocenters. The largest absolute Gasteiger partial charge is 0.418 e. The molecule has 0 radical (unpaired) electrons. The number of hydrogen-bond acceptors (Lipinski definition) is 4. The maximum atomic E-state index is 13.0. The summed E-state index contributed by atoms with van der Waals surface area (Å²) >= 11 is 1.45. The Morgan fingerprint density at radius 1 is 1.35 bits per heavy atom. The van der Waals surface area contributed by atoms with E-state index in [0.29, 0.717) is 0 Å². The van der Waals surface area contributed by atoms with Crippen LogP contribution in [0.3, 0.4) is 0 Å². The predicted octanol–water partition coefficient (Wildman–Crippen LogP) is 4.23. The van der Waals surface area contributed by atoms with Crippen molar-refractivity contribution < 1.29 is 13.2 Å². The Kier molecular flexibility index (Phi) is 3.89. The van der Waals surface area contributed by atoms with Crippen LogP contribution in [-0.4, -0.2) is 4.98 Å². The van der Waals surface area contributed by atoms with Crippen molar-refractivity contribution in [1.82, 2.24) is 4.98 Å². The van der Waals surface area contributed by atoms with Crippen molar-refractivity contribution in [2.24, 2.45) is 0 Å². The van der Waals surface area contributed by atoms with E-state index >= 15 is 0 Å². The number of anilines is 2. The van der Waals surface area contributed by atoms with Crippen LogP contribution in [0.2, 0.25) is 0 Å².